The van der Waals surface area contributed by atoms with Gasteiger partial charge >= 0.3 is 12.1 Å². The first-order valence-electron chi connectivity index (χ1n) is 6.55. The molecule has 2 heterocycles. The average Bonchev–Trinajstić information content (AvgIpc) is 3.11. The number of carbonyl (C=O) groups excluding carboxylic acids is 1. The molecule has 0 aliphatic carbocycles. The van der Waals surface area contributed by atoms with Gasteiger partial charge in [0.1, 0.15) is 0 Å². The van der Waals surface area contributed by atoms with Crippen LogP contribution in [0.3, 0.4) is 0 Å². The third kappa shape index (κ3) is 2.77. The summed E-state index contributed by atoms with van der Waals surface area (Å²) in [6, 6.07) is 4.59. The van der Waals surface area contributed by atoms with Gasteiger partial charge in [-0.05, 0) is 6.07 Å². The Morgan fingerprint density at radius 1 is 1.39 bits per heavy atom. The molecule has 0 bridgehead atoms. The molecule has 23 heavy (non-hydrogen) atoms. The number of aryl methyl sites for hydroxylation is 1. The van der Waals surface area contributed by atoms with E-state index in [0.717, 1.165) is 4.57 Å². The van der Waals surface area contributed by atoms with E-state index in [4.69, 9.17) is 4.74 Å². The van der Waals surface area contributed by atoms with Gasteiger partial charge in [-0.25, -0.2) is 9.78 Å². The lowest BCUT2D eigenvalue weighted by atomic mass is 10.1. The van der Waals surface area contributed by atoms with Gasteiger partial charge in [0.2, 0.25) is 0 Å². The lowest BCUT2D eigenvalue weighted by Gasteiger charge is -2.20. The van der Waals surface area contributed by atoms with E-state index in [1.807, 2.05) is 0 Å². The van der Waals surface area contributed by atoms with Gasteiger partial charge in [0.15, 0.2) is 5.82 Å². The summed E-state index contributed by atoms with van der Waals surface area (Å²) < 4.78 is 45.6. The number of nitrogens with one attached hydrogen (secondary N) is 1. The first-order valence-corrected chi connectivity index (χ1v) is 6.55. The minimum absolute atomic E-state index is 0.0246. The molecule has 3 rings (SSSR count). The number of alkyl halides is 3. The SMILES string of the molecule is Cn1ccnc1[C@@H](OC(=O)c1cccc2cn[nH]c12)C(F)(F)F. The molecular weight excluding hydrogens is 313 g/mol. The zero-order valence-corrected chi connectivity index (χ0v) is 11.8. The van der Waals surface area contributed by atoms with Gasteiger partial charge in [0, 0.05) is 24.8 Å². The maximum atomic E-state index is 13.2. The largest absolute Gasteiger partial charge is 0.441 e. The zero-order valence-electron chi connectivity index (χ0n) is 11.8. The number of imidazole rings is 1. The topological polar surface area (TPSA) is 72.8 Å². The molecule has 1 atom stereocenters. The minimum Gasteiger partial charge on any atom is -0.441 e. The number of H-pyrrole nitrogens is 1. The van der Waals surface area contributed by atoms with Gasteiger partial charge in [0.25, 0.3) is 6.10 Å². The highest BCUT2D eigenvalue weighted by Crippen LogP contribution is 2.35. The summed E-state index contributed by atoms with van der Waals surface area (Å²) in [7, 11) is 1.39. The third-order valence-corrected chi connectivity index (χ3v) is 3.31. The number of aromatic nitrogens is 4. The van der Waals surface area contributed by atoms with Crippen LogP contribution in [0.4, 0.5) is 13.2 Å². The summed E-state index contributed by atoms with van der Waals surface area (Å²) in [4.78, 5) is 15.8. The summed E-state index contributed by atoms with van der Waals surface area (Å²) in [5.74, 6) is -1.51. The Balaban J connectivity index is 1.96. The van der Waals surface area contributed by atoms with Crippen LogP contribution in [0.25, 0.3) is 10.9 Å². The number of halogens is 3. The van der Waals surface area contributed by atoms with Gasteiger partial charge in [-0.15, -0.1) is 0 Å². The van der Waals surface area contributed by atoms with Crippen LogP contribution >= 0.6 is 0 Å². The first kappa shape index (κ1) is 15.1. The molecule has 2 aromatic heterocycles. The second-order valence-corrected chi connectivity index (χ2v) is 4.86. The molecule has 0 fully saturated rings. The van der Waals surface area contributed by atoms with Crippen molar-refractivity contribution in [3.63, 3.8) is 0 Å². The minimum atomic E-state index is -4.78. The number of hydrogen-bond donors (Lipinski definition) is 1. The molecule has 120 valence electrons. The van der Waals surface area contributed by atoms with Crippen LogP contribution in [-0.4, -0.2) is 31.9 Å². The fraction of sp³-hybridized carbons (Fsp3) is 0.214. The number of esters is 1. The molecule has 0 radical (unpaired) electrons. The van der Waals surface area contributed by atoms with Gasteiger partial charge < -0.3 is 9.30 Å². The van der Waals surface area contributed by atoms with Crippen molar-refractivity contribution in [2.75, 3.05) is 0 Å². The van der Waals surface area contributed by atoms with Crippen LogP contribution in [0.1, 0.15) is 22.3 Å². The van der Waals surface area contributed by atoms with E-state index >= 15 is 0 Å². The summed E-state index contributed by atoms with van der Waals surface area (Å²) in [5, 5.41) is 6.94. The number of nitrogens with zero attached hydrogens (tertiary/aromatic N) is 3. The Morgan fingerprint density at radius 3 is 2.83 bits per heavy atom. The smallest absolute Gasteiger partial charge is 0.432 e. The molecule has 1 aromatic carbocycles. The van der Waals surface area contributed by atoms with Gasteiger partial charge in [-0.1, -0.05) is 12.1 Å². The van der Waals surface area contributed by atoms with Gasteiger partial charge in [-0.2, -0.15) is 18.3 Å². The fourth-order valence-electron chi connectivity index (χ4n) is 2.21. The second-order valence-electron chi connectivity index (χ2n) is 4.86. The molecule has 6 nitrogen and oxygen atoms in total. The van der Waals surface area contributed by atoms with Crippen molar-refractivity contribution in [1.29, 1.82) is 0 Å². The van der Waals surface area contributed by atoms with E-state index < -0.39 is 24.1 Å². The fourth-order valence-corrected chi connectivity index (χ4v) is 2.21. The Hall–Kier alpha value is -2.84. The van der Waals surface area contributed by atoms with Crippen LogP contribution in [-0.2, 0) is 11.8 Å². The van der Waals surface area contributed by atoms with Crippen molar-refractivity contribution < 1.29 is 22.7 Å². The Labute approximate surface area is 127 Å². The van der Waals surface area contributed by atoms with Crippen LogP contribution in [0.2, 0.25) is 0 Å². The highest BCUT2D eigenvalue weighted by atomic mass is 19.4. The highest BCUT2D eigenvalue weighted by Gasteiger charge is 2.46. The molecule has 0 aliphatic heterocycles. The summed E-state index contributed by atoms with van der Waals surface area (Å²) in [6.45, 7) is 0. The molecular formula is C14H11F3N4O2. The van der Waals surface area contributed by atoms with Crippen LogP contribution < -0.4 is 0 Å². The first-order chi connectivity index (χ1) is 10.9. The maximum absolute atomic E-state index is 13.2. The monoisotopic (exact) mass is 324 g/mol. The van der Waals surface area contributed by atoms with Gasteiger partial charge in [-0.3, -0.25) is 5.10 Å². The van der Waals surface area contributed by atoms with Gasteiger partial charge in [0.05, 0.1) is 17.3 Å². The Kier molecular flexibility index (Phi) is 3.55. The number of rotatable bonds is 3. The van der Waals surface area contributed by atoms with Crippen molar-refractivity contribution in [1.82, 2.24) is 19.7 Å². The van der Waals surface area contributed by atoms with Crippen LogP contribution in [0, 0.1) is 0 Å². The average molecular weight is 324 g/mol. The van der Waals surface area contributed by atoms with Crippen molar-refractivity contribution >= 4 is 16.9 Å². The van der Waals surface area contributed by atoms with Crippen molar-refractivity contribution in [3.8, 4) is 0 Å². The normalized spacial score (nSPS) is 13.2. The Bertz CT molecular complexity index is 853. The molecule has 3 aromatic rings. The standard InChI is InChI=1S/C14H11F3N4O2/c1-21-6-5-18-12(21)11(14(15,16)17)23-13(22)9-4-2-3-8-7-19-20-10(8)9/h2-7,11H,1H3,(H,19,20)/t11-/m1/s1. The second kappa shape index (κ2) is 5.41. The molecule has 0 spiro atoms. The molecule has 9 heteroatoms. The summed E-state index contributed by atoms with van der Waals surface area (Å²) in [6.07, 6.45) is -3.22. The van der Waals surface area contributed by atoms with E-state index in [-0.39, 0.29) is 5.56 Å². The zero-order chi connectivity index (χ0) is 16.6. The predicted octanol–water partition coefficient (Wildman–Crippen LogP) is 2.76. The number of fused-ring (bicyclic) bond motifs is 1. The molecule has 1 N–H and O–H groups in total. The predicted molar refractivity (Wildman–Crippen MR) is 73.5 cm³/mol. The van der Waals surface area contributed by atoms with E-state index in [1.165, 1.54) is 37.8 Å². The molecule has 0 saturated carbocycles. The molecule has 0 unspecified atom stereocenters. The lowest BCUT2D eigenvalue weighted by molar-refractivity contribution is -0.210. The molecule has 0 saturated heterocycles. The maximum Gasteiger partial charge on any atom is 0.432 e. The van der Waals surface area contributed by atoms with E-state index in [9.17, 15) is 18.0 Å². The number of para-hydroxylation sites is 1. The van der Waals surface area contributed by atoms with Crippen LogP contribution in [0.15, 0.2) is 36.8 Å². The number of hydrogen-bond acceptors (Lipinski definition) is 4. The Morgan fingerprint density at radius 2 is 2.17 bits per heavy atom. The molecule has 0 amide bonds. The number of benzene rings is 1. The van der Waals surface area contributed by atoms with Crippen LogP contribution in [0.5, 0.6) is 0 Å². The van der Waals surface area contributed by atoms with Crippen molar-refractivity contribution in [2.45, 2.75) is 12.3 Å². The summed E-state index contributed by atoms with van der Waals surface area (Å²) in [5.41, 5.74) is 0.293. The molecule has 0 aliphatic rings. The van der Waals surface area contributed by atoms with E-state index in [0.29, 0.717) is 10.9 Å². The lowest BCUT2D eigenvalue weighted by Crippen LogP contribution is -2.28. The quantitative estimate of drug-likeness (QED) is 0.752. The van der Waals surface area contributed by atoms with Crippen molar-refractivity contribution in [3.05, 3.63) is 48.2 Å². The number of ether oxygens (including phenoxy) is 1. The summed E-state index contributed by atoms with van der Waals surface area (Å²) >= 11 is 0. The highest BCUT2D eigenvalue weighted by molar-refractivity contribution is 6.02. The number of aromatic amines is 1. The van der Waals surface area contributed by atoms with E-state index in [2.05, 4.69) is 15.2 Å². The number of carbonyl (C=O) groups is 1. The van der Waals surface area contributed by atoms with E-state index in [1.54, 1.807) is 6.07 Å². The third-order valence-electron chi connectivity index (χ3n) is 3.31. The van der Waals surface area contributed by atoms with Crippen molar-refractivity contribution in [2.24, 2.45) is 7.05 Å².